The van der Waals surface area contributed by atoms with Gasteiger partial charge in [0.2, 0.25) is 0 Å². The highest BCUT2D eigenvalue weighted by atomic mass is 19.2. The Morgan fingerprint density at radius 2 is 1.93 bits per heavy atom. The van der Waals surface area contributed by atoms with Gasteiger partial charge in [-0.1, -0.05) is 6.07 Å². The minimum absolute atomic E-state index is 0.158. The van der Waals surface area contributed by atoms with Crippen LogP contribution in [-0.2, 0) is 6.54 Å². The predicted octanol–water partition coefficient (Wildman–Crippen LogP) is 3.49. The Bertz CT molecular complexity index is 1010. The SMILES string of the molecule is O=c1cc(-c2cccnc2)nc(C2CCN(Cc3ccc(F)c(F)c3)CC2)[nH]1. The van der Waals surface area contributed by atoms with Gasteiger partial charge >= 0.3 is 0 Å². The fourth-order valence-corrected chi connectivity index (χ4v) is 3.59. The summed E-state index contributed by atoms with van der Waals surface area (Å²) in [5.41, 5.74) is 2.01. The molecule has 1 N–H and O–H groups in total. The lowest BCUT2D eigenvalue weighted by atomic mass is 9.95. The van der Waals surface area contributed by atoms with Gasteiger partial charge in [-0.3, -0.25) is 14.7 Å². The van der Waals surface area contributed by atoms with Crippen LogP contribution in [0.25, 0.3) is 11.3 Å². The molecule has 1 aliphatic heterocycles. The molecule has 1 saturated heterocycles. The normalized spacial score (nSPS) is 15.6. The molecule has 28 heavy (non-hydrogen) atoms. The lowest BCUT2D eigenvalue weighted by Gasteiger charge is -2.31. The summed E-state index contributed by atoms with van der Waals surface area (Å²) < 4.78 is 26.5. The van der Waals surface area contributed by atoms with Crippen LogP contribution in [0.5, 0.6) is 0 Å². The Hall–Kier alpha value is -2.93. The third-order valence-electron chi connectivity index (χ3n) is 5.08. The van der Waals surface area contributed by atoms with Gasteiger partial charge in [0, 0.05) is 36.5 Å². The van der Waals surface area contributed by atoms with E-state index >= 15 is 0 Å². The molecule has 1 aliphatic rings. The Balaban J connectivity index is 1.44. The molecular formula is C21H20F2N4O. The van der Waals surface area contributed by atoms with Gasteiger partial charge in [-0.05, 0) is 55.8 Å². The van der Waals surface area contributed by atoms with E-state index in [0.717, 1.165) is 43.1 Å². The number of likely N-dealkylation sites (tertiary alicyclic amines) is 1. The first-order valence-corrected chi connectivity index (χ1v) is 9.26. The van der Waals surface area contributed by atoms with Crippen molar-refractivity contribution in [2.75, 3.05) is 13.1 Å². The molecule has 3 aromatic rings. The Kier molecular flexibility index (Phi) is 5.25. The number of nitrogens with zero attached hydrogens (tertiary/aromatic N) is 3. The number of aromatic amines is 1. The fourth-order valence-electron chi connectivity index (χ4n) is 3.59. The second-order valence-corrected chi connectivity index (χ2v) is 7.06. The van der Waals surface area contributed by atoms with Crippen LogP contribution in [0.3, 0.4) is 0 Å². The number of hydrogen-bond donors (Lipinski definition) is 1. The number of nitrogens with one attached hydrogen (secondary N) is 1. The maximum absolute atomic E-state index is 13.4. The van der Waals surface area contributed by atoms with E-state index in [2.05, 4.69) is 19.9 Å². The Morgan fingerprint density at radius 1 is 1.11 bits per heavy atom. The minimum atomic E-state index is -0.828. The van der Waals surface area contributed by atoms with Crippen LogP contribution in [0.2, 0.25) is 0 Å². The quantitative estimate of drug-likeness (QED) is 0.750. The van der Waals surface area contributed by atoms with Gasteiger partial charge in [0.25, 0.3) is 5.56 Å². The van der Waals surface area contributed by atoms with Gasteiger partial charge in [-0.2, -0.15) is 0 Å². The lowest BCUT2D eigenvalue weighted by molar-refractivity contribution is 0.201. The largest absolute Gasteiger partial charge is 0.310 e. The first-order chi connectivity index (χ1) is 13.6. The van der Waals surface area contributed by atoms with Crippen molar-refractivity contribution in [3.05, 3.63) is 82.2 Å². The van der Waals surface area contributed by atoms with Crippen molar-refractivity contribution in [2.24, 2.45) is 0 Å². The molecule has 0 bridgehead atoms. The number of aromatic nitrogens is 3. The van der Waals surface area contributed by atoms with Crippen LogP contribution < -0.4 is 5.56 Å². The highest BCUT2D eigenvalue weighted by molar-refractivity contribution is 5.56. The lowest BCUT2D eigenvalue weighted by Crippen LogP contribution is -2.33. The van der Waals surface area contributed by atoms with Crippen LogP contribution >= 0.6 is 0 Å². The van der Waals surface area contributed by atoms with E-state index in [1.165, 1.54) is 12.1 Å². The van der Waals surface area contributed by atoms with E-state index in [0.29, 0.717) is 18.1 Å². The second-order valence-electron chi connectivity index (χ2n) is 7.06. The summed E-state index contributed by atoms with van der Waals surface area (Å²) in [6.45, 7) is 2.17. The zero-order valence-electron chi connectivity index (χ0n) is 15.2. The van der Waals surface area contributed by atoms with Gasteiger partial charge in [0.15, 0.2) is 11.6 Å². The van der Waals surface area contributed by atoms with Gasteiger partial charge in [0.1, 0.15) is 5.82 Å². The molecule has 0 saturated carbocycles. The van der Waals surface area contributed by atoms with Crippen molar-refractivity contribution in [2.45, 2.75) is 25.3 Å². The third-order valence-corrected chi connectivity index (χ3v) is 5.08. The van der Waals surface area contributed by atoms with Crippen LogP contribution in [0.1, 0.15) is 30.1 Å². The maximum atomic E-state index is 13.4. The van der Waals surface area contributed by atoms with Gasteiger partial charge in [0.05, 0.1) is 5.69 Å². The molecule has 2 aromatic heterocycles. The second kappa shape index (κ2) is 7.98. The summed E-state index contributed by atoms with van der Waals surface area (Å²) in [5.74, 6) is -0.795. The predicted molar refractivity (Wildman–Crippen MR) is 102 cm³/mol. The van der Waals surface area contributed by atoms with Crippen LogP contribution in [0.4, 0.5) is 8.78 Å². The molecule has 0 atom stereocenters. The number of pyridine rings is 1. The topological polar surface area (TPSA) is 61.9 Å². The molecule has 1 aromatic carbocycles. The van der Waals surface area contributed by atoms with E-state index in [-0.39, 0.29) is 11.5 Å². The van der Waals surface area contributed by atoms with Crippen LogP contribution in [-0.4, -0.2) is 32.9 Å². The van der Waals surface area contributed by atoms with Crippen molar-refractivity contribution in [1.82, 2.24) is 19.9 Å². The van der Waals surface area contributed by atoms with Crippen molar-refractivity contribution >= 4 is 0 Å². The molecule has 0 aliphatic carbocycles. The summed E-state index contributed by atoms with van der Waals surface area (Å²) in [6.07, 6.45) is 5.04. The highest BCUT2D eigenvalue weighted by Gasteiger charge is 2.23. The van der Waals surface area contributed by atoms with Gasteiger partial charge in [-0.15, -0.1) is 0 Å². The average molecular weight is 382 g/mol. The van der Waals surface area contributed by atoms with Crippen LogP contribution in [0.15, 0.2) is 53.6 Å². The molecule has 1 fully saturated rings. The van der Waals surface area contributed by atoms with E-state index in [1.807, 2.05) is 12.1 Å². The number of piperidine rings is 1. The van der Waals surface area contributed by atoms with Crippen LogP contribution in [0, 0.1) is 11.6 Å². The van der Waals surface area contributed by atoms with Crippen molar-refractivity contribution < 1.29 is 8.78 Å². The maximum Gasteiger partial charge on any atom is 0.251 e. The highest BCUT2D eigenvalue weighted by Crippen LogP contribution is 2.27. The number of hydrogen-bond acceptors (Lipinski definition) is 4. The van der Waals surface area contributed by atoms with E-state index < -0.39 is 11.6 Å². The zero-order valence-corrected chi connectivity index (χ0v) is 15.2. The standard InChI is InChI=1S/C21H20F2N4O/c22-17-4-3-14(10-18(17)23)13-27-8-5-15(6-9-27)21-25-19(11-20(28)26-21)16-2-1-7-24-12-16/h1-4,7,10-12,15H,5-6,8-9,13H2,(H,25,26,28). The minimum Gasteiger partial charge on any atom is -0.310 e. The first-order valence-electron chi connectivity index (χ1n) is 9.26. The van der Waals surface area contributed by atoms with Gasteiger partial charge in [-0.25, -0.2) is 13.8 Å². The summed E-state index contributed by atoms with van der Waals surface area (Å²) in [5, 5.41) is 0. The molecular weight excluding hydrogens is 362 g/mol. The van der Waals surface area contributed by atoms with Gasteiger partial charge < -0.3 is 4.98 Å². The molecule has 0 unspecified atom stereocenters. The summed E-state index contributed by atoms with van der Waals surface area (Å²) in [6, 6.07) is 9.20. The molecule has 0 spiro atoms. The molecule has 4 rings (SSSR count). The average Bonchev–Trinajstić information content (AvgIpc) is 2.71. The molecule has 144 valence electrons. The smallest absolute Gasteiger partial charge is 0.251 e. The Labute approximate surface area is 161 Å². The Morgan fingerprint density at radius 3 is 2.64 bits per heavy atom. The van der Waals surface area contributed by atoms with E-state index in [4.69, 9.17) is 0 Å². The molecule has 3 heterocycles. The number of benzene rings is 1. The fraction of sp³-hybridized carbons (Fsp3) is 0.286. The van der Waals surface area contributed by atoms with Crippen molar-refractivity contribution in [3.63, 3.8) is 0 Å². The molecule has 7 heteroatoms. The van der Waals surface area contributed by atoms with Crippen molar-refractivity contribution in [1.29, 1.82) is 0 Å². The summed E-state index contributed by atoms with van der Waals surface area (Å²) in [4.78, 5) is 25.9. The third kappa shape index (κ3) is 4.14. The number of halogens is 2. The van der Waals surface area contributed by atoms with E-state index in [9.17, 15) is 13.6 Å². The molecule has 5 nitrogen and oxygen atoms in total. The summed E-state index contributed by atoms with van der Waals surface area (Å²) >= 11 is 0. The first kappa shape index (κ1) is 18.4. The summed E-state index contributed by atoms with van der Waals surface area (Å²) in [7, 11) is 0. The van der Waals surface area contributed by atoms with E-state index in [1.54, 1.807) is 18.5 Å². The molecule has 0 amide bonds. The number of H-pyrrole nitrogens is 1. The van der Waals surface area contributed by atoms with Crippen molar-refractivity contribution in [3.8, 4) is 11.3 Å². The monoisotopic (exact) mass is 382 g/mol. The zero-order chi connectivity index (χ0) is 19.5. The number of rotatable bonds is 4. The molecule has 0 radical (unpaired) electrons.